The van der Waals surface area contributed by atoms with Gasteiger partial charge in [0.2, 0.25) is 0 Å². The molecule has 0 bridgehead atoms. The van der Waals surface area contributed by atoms with Crippen LogP contribution in [0.1, 0.15) is 6.23 Å². The molecule has 0 saturated carbocycles. The van der Waals surface area contributed by atoms with Crippen molar-refractivity contribution in [3.63, 3.8) is 0 Å². The number of hydrogen-bond acceptors (Lipinski definition) is 12. The van der Waals surface area contributed by atoms with Crippen LogP contribution in [0.3, 0.4) is 0 Å². The maximum absolute atomic E-state index is 11.5. The normalized spacial score (nSPS) is 25.3. The van der Waals surface area contributed by atoms with Crippen molar-refractivity contribution in [1.82, 2.24) is 19.5 Å². The zero-order chi connectivity index (χ0) is 23.2. The van der Waals surface area contributed by atoms with Gasteiger partial charge in [-0.2, -0.15) is 8.42 Å². The molecule has 1 saturated heterocycles. The third-order valence-corrected chi connectivity index (χ3v) is 5.32. The lowest BCUT2D eigenvalue weighted by atomic mass is 10.1. The van der Waals surface area contributed by atoms with E-state index in [0.29, 0.717) is 0 Å². The van der Waals surface area contributed by atoms with Gasteiger partial charge in [0.25, 0.3) is 0 Å². The molecule has 2 aromatic heterocycles. The zero-order valence-corrected chi connectivity index (χ0v) is 17.4. The molecule has 1 aliphatic rings. The van der Waals surface area contributed by atoms with Crippen LogP contribution in [0.25, 0.3) is 11.2 Å². The van der Waals surface area contributed by atoms with Crippen LogP contribution >= 0.6 is 15.6 Å². The lowest BCUT2D eigenvalue weighted by Crippen LogP contribution is -2.37. The van der Waals surface area contributed by atoms with Gasteiger partial charge in [0.05, 0.1) is 12.9 Å². The van der Waals surface area contributed by atoms with E-state index in [-0.39, 0.29) is 17.0 Å². The van der Waals surface area contributed by atoms with Crippen LogP contribution in [-0.4, -0.2) is 77.0 Å². The van der Waals surface area contributed by atoms with Crippen LogP contribution < -0.4 is 5.73 Å². The predicted octanol–water partition coefficient (Wildman–Crippen LogP) is -1.92. The standard InChI is InChI=1S/C10H15N5O13P2S/c11-8-5-9(13-2-12-8)15(3-14-5)10-7(28-30(19,20)21)6(27-29(16,17)18)4(26-10)1-25-31(22,23)24/h2-4,6-7,10H,1H2,(H2,11,12,13)(H2,16,17,18)(H2,19,20,21)(H,22,23,24)/t4-,6-,7-,10-/m1/s1. The van der Waals surface area contributed by atoms with Crippen molar-refractivity contribution in [2.45, 2.75) is 24.5 Å². The highest BCUT2D eigenvalue weighted by Gasteiger charge is 2.53. The molecule has 0 amide bonds. The first-order valence-corrected chi connectivity index (χ1v) is 12.3. The van der Waals surface area contributed by atoms with Gasteiger partial charge in [-0.15, -0.1) is 0 Å². The Morgan fingerprint density at radius 1 is 1.10 bits per heavy atom. The van der Waals surface area contributed by atoms with E-state index in [0.717, 1.165) is 17.2 Å². The second kappa shape index (κ2) is 8.39. The highest BCUT2D eigenvalue weighted by molar-refractivity contribution is 7.80. The van der Waals surface area contributed by atoms with Crippen molar-refractivity contribution in [2.75, 3.05) is 12.3 Å². The molecule has 4 atom stereocenters. The summed E-state index contributed by atoms with van der Waals surface area (Å²) in [7, 11) is -15.7. The summed E-state index contributed by atoms with van der Waals surface area (Å²) in [6.45, 7) is -1.06. The summed E-state index contributed by atoms with van der Waals surface area (Å²) in [5, 5.41) is 0. The molecular formula is C10H15N5O13P2S. The van der Waals surface area contributed by atoms with E-state index >= 15 is 0 Å². The summed E-state index contributed by atoms with van der Waals surface area (Å²) < 4.78 is 73.2. The van der Waals surface area contributed by atoms with Gasteiger partial charge < -0.3 is 30.0 Å². The average Bonchev–Trinajstić information content (AvgIpc) is 3.13. The number of phosphoric acid groups is 2. The molecule has 0 aromatic carbocycles. The van der Waals surface area contributed by atoms with Crippen molar-refractivity contribution >= 4 is 43.0 Å². The molecule has 18 nitrogen and oxygen atoms in total. The maximum atomic E-state index is 11.5. The van der Waals surface area contributed by atoms with Gasteiger partial charge >= 0.3 is 26.0 Å². The van der Waals surface area contributed by atoms with Gasteiger partial charge in [-0.25, -0.2) is 28.3 Å². The number of fused-ring (bicyclic) bond motifs is 1. The number of hydrogen-bond donors (Lipinski definition) is 6. The number of anilines is 1. The van der Waals surface area contributed by atoms with E-state index in [4.69, 9.17) is 15.0 Å². The summed E-state index contributed by atoms with van der Waals surface area (Å²) in [5.74, 6) is -0.0662. The molecule has 1 aliphatic heterocycles. The highest BCUT2D eigenvalue weighted by atomic mass is 32.3. The second-order valence-corrected chi connectivity index (χ2v) is 9.46. The van der Waals surface area contributed by atoms with Crippen LogP contribution in [0.5, 0.6) is 0 Å². The van der Waals surface area contributed by atoms with Crippen molar-refractivity contribution in [2.24, 2.45) is 0 Å². The van der Waals surface area contributed by atoms with E-state index < -0.39 is 57.2 Å². The number of nitrogen functional groups attached to an aromatic ring is 1. The Hall–Kier alpha value is -1.60. The Bertz CT molecular complexity index is 1160. The molecule has 1 fully saturated rings. The summed E-state index contributed by atoms with van der Waals surface area (Å²) in [5.41, 5.74) is 5.69. The van der Waals surface area contributed by atoms with Crippen LogP contribution in [0.15, 0.2) is 12.7 Å². The molecule has 31 heavy (non-hydrogen) atoms. The Kier molecular flexibility index (Phi) is 6.51. The van der Waals surface area contributed by atoms with Crippen molar-refractivity contribution in [3.8, 4) is 0 Å². The fourth-order valence-electron chi connectivity index (χ4n) is 2.83. The smallest absolute Gasteiger partial charge is 0.382 e. The topological polar surface area (TPSA) is 276 Å². The first-order valence-electron chi connectivity index (χ1n) is 7.83. The number of rotatable bonds is 8. The molecule has 0 radical (unpaired) electrons. The SMILES string of the molecule is Nc1ncnc2c1ncn2[C@@H]1O[C@H](COS(=O)(=O)O)[C@@H](OP(=O)(O)O)[C@H]1OP(=O)(O)O. The van der Waals surface area contributed by atoms with Gasteiger partial charge in [0.15, 0.2) is 17.7 Å². The van der Waals surface area contributed by atoms with Crippen molar-refractivity contribution in [3.05, 3.63) is 12.7 Å². The first kappa shape index (κ1) is 24.1. The number of nitrogens with two attached hydrogens (primary N) is 1. The van der Waals surface area contributed by atoms with E-state index in [2.05, 4.69) is 28.2 Å². The fraction of sp³-hybridized carbons (Fsp3) is 0.500. The third-order valence-electron chi connectivity index (χ3n) is 3.85. The molecule has 2 aromatic rings. The Balaban J connectivity index is 2.07. The number of aromatic nitrogens is 4. The monoisotopic (exact) mass is 507 g/mol. The molecular weight excluding hydrogens is 492 g/mol. The number of phosphoric ester groups is 2. The summed E-state index contributed by atoms with van der Waals surface area (Å²) in [4.78, 5) is 48.4. The van der Waals surface area contributed by atoms with E-state index in [9.17, 15) is 37.1 Å². The molecule has 0 unspecified atom stereocenters. The lowest BCUT2D eigenvalue weighted by molar-refractivity contribution is -0.0470. The van der Waals surface area contributed by atoms with Crippen LogP contribution in [-0.2, 0) is 37.5 Å². The van der Waals surface area contributed by atoms with Crippen LogP contribution in [0.2, 0.25) is 0 Å². The van der Waals surface area contributed by atoms with Gasteiger partial charge in [-0.3, -0.25) is 18.2 Å². The largest absolute Gasteiger partial charge is 0.470 e. The molecule has 174 valence electrons. The first-order chi connectivity index (χ1) is 14.1. The molecule has 0 aliphatic carbocycles. The van der Waals surface area contributed by atoms with E-state index in [1.807, 2.05) is 0 Å². The fourth-order valence-corrected chi connectivity index (χ4v) is 4.25. The Morgan fingerprint density at radius 2 is 1.71 bits per heavy atom. The van der Waals surface area contributed by atoms with Gasteiger partial charge in [0, 0.05) is 0 Å². The summed E-state index contributed by atoms with van der Waals surface area (Å²) in [6.07, 6.45) is -5.19. The average molecular weight is 507 g/mol. The highest BCUT2D eigenvalue weighted by Crippen LogP contribution is 2.50. The van der Waals surface area contributed by atoms with Gasteiger partial charge in [-0.1, -0.05) is 0 Å². The van der Waals surface area contributed by atoms with Crippen LogP contribution in [0, 0.1) is 0 Å². The molecule has 21 heteroatoms. The molecule has 0 spiro atoms. The Morgan fingerprint density at radius 3 is 2.29 bits per heavy atom. The van der Waals surface area contributed by atoms with Gasteiger partial charge in [-0.05, 0) is 0 Å². The van der Waals surface area contributed by atoms with Crippen molar-refractivity contribution in [1.29, 1.82) is 0 Å². The maximum Gasteiger partial charge on any atom is 0.470 e. The Labute approximate surface area is 172 Å². The minimum Gasteiger partial charge on any atom is -0.382 e. The summed E-state index contributed by atoms with van der Waals surface area (Å²) in [6, 6.07) is 0. The lowest BCUT2D eigenvalue weighted by Gasteiger charge is -2.25. The number of imidazole rings is 1. The quantitative estimate of drug-likeness (QED) is 0.168. The molecule has 3 heterocycles. The minimum atomic E-state index is -5.33. The number of nitrogens with zero attached hydrogens (tertiary/aromatic N) is 4. The van der Waals surface area contributed by atoms with E-state index in [1.165, 1.54) is 0 Å². The number of ether oxygens (including phenoxy) is 1. The molecule has 3 rings (SSSR count). The zero-order valence-electron chi connectivity index (χ0n) is 14.8. The van der Waals surface area contributed by atoms with Crippen molar-refractivity contribution < 1.29 is 59.6 Å². The van der Waals surface area contributed by atoms with Gasteiger partial charge in [0.1, 0.15) is 30.2 Å². The minimum absolute atomic E-state index is 0.0249. The summed E-state index contributed by atoms with van der Waals surface area (Å²) >= 11 is 0. The van der Waals surface area contributed by atoms with E-state index in [1.54, 1.807) is 0 Å². The van der Waals surface area contributed by atoms with Crippen LogP contribution in [0.4, 0.5) is 5.82 Å². The predicted molar refractivity (Wildman–Crippen MR) is 95.0 cm³/mol. The second-order valence-electron chi connectivity index (χ2n) is 5.98. The third kappa shape index (κ3) is 6.01. The molecule has 7 N–H and O–H groups in total.